The van der Waals surface area contributed by atoms with E-state index in [4.69, 9.17) is 14.5 Å². The van der Waals surface area contributed by atoms with E-state index in [-0.39, 0.29) is 23.5 Å². The van der Waals surface area contributed by atoms with Crippen molar-refractivity contribution in [3.8, 4) is 22.8 Å². The molecule has 2 aromatic heterocycles. The lowest BCUT2D eigenvalue weighted by molar-refractivity contribution is 0.102. The number of fused-ring (bicyclic) bond motifs is 1. The van der Waals surface area contributed by atoms with E-state index in [1.54, 1.807) is 43.0 Å². The van der Waals surface area contributed by atoms with E-state index in [0.717, 1.165) is 11.1 Å². The highest BCUT2D eigenvalue weighted by Crippen LogP contribution is 2.34. The van der Waals surface area contributed by atoms with Crippen molar-refractivity contribution in [2.45, 2.75) is 26.3 Å². The van der Waals surface area contributed by atoms with Crippen LogP contribution in [0.4, 0.5) is 5.69 Å². The number of carbonyl (C=O) groups excluding carboxylic acids is 1. The molecule has 37 heavy (non-hydrogen) atoms. The van der Waals surface area contributed by atoms with Crippen LogP contribution in [0.5, 0.6) is 11.5 Å². The molecule has 1 atom stereocenters. The number of aromatic nitrogens is 3. The number of pyridine rings is 1. The molecule has 1 aliphatic heterocycles. The van der Waals surface area contributed by atoms with Crippen LogP contribution >= 0.6 is 0 Å². The number of nitrogens with one attached hydrogen (secondary N) is 1. The molecule has 1 saturated heterocycles. The second kappa shape index (κ2) is 9.51. The molecule has 192 valence electrons. The highest BCUT2D eigenvalue weighted by Gasteiger charge is 2.32. The minimum Gasteiger partial charge on any atom is -0.497 e. The van der Waals surface area contributed by atoms with Crippen molar-refractivity contribution in [1.29, 1.82) is 0 Å². The number of anilines is 1. The average molecular weight is 521 g/mol. The molecule has 0 radical (unpaired) electrons. The normalized spacial score (nSPS) is 16.6. The highest BCUT2D eigenvalue weighted by atomic mass is 32.2. The number of ether oxygens (including phenoxy) is 2. The molecule has 1 aliphatic rings. The third-order valence-corrected chi connectivity index (χ3v) is 8.39. The van der Waals surface area contributed by atoms with Gasteiger partial charge in [-0.2, -0.15) is 5.10 Å². The van der Waals surface area contributed by atoms with E-state index in [0.29, 0.717) is 51.6 Å². The summed E-state index contributed by atoms with van der Waals surface area (Å²) in [4.78, 5) is 18.6. The zero-order chi connectivity index (χ0) is 26.3. The maximum absolute atomic E-state index is 13.7. The molecule has 0 aliphatic carbocycles. The van der Waals surface area contributed by atoms with Crippen molar-refractivity contribution >= 4 is 32.5 Å². The summed E-state index contributed by atoms with van der Waals surface area (Å²) in [5.74, 6) is 0.822. The summed E-state index contributed by atoms with van der Waals surface area (Å²) in [5.41, 5.74) is 4.52. The monoisotopic (exact) mass is 520 g/mol. The molecule has 1 fully saturated rings. The van der Waals surface area contributed by atoms with E-state index in [1.807, 2.05) is 31.2 Å². The molecule has 0 saturated carbocycles. The van der Waals surface area contributed by atoms with E-state index in [1.165, 1.54) is 7.11 Å². The molecular weight excluding hydrogens is 492 g/mol. The van der Waals surface area contributed by atoms with Crippen LogP contribution in [-0.4, -0.2) is 54.8 Å². The van der Waals surface area contributed by atoms with Crippen LogP contribution in [0.3, 0.4) is 0 Å². The molecule has 3 heterocycles. The molecule has 4 aromatic rings. The van der Waals surface area contributed by atoms with Crippen molar-refractivity contribution in [3.05, 3.63) is 65.4 Å². The number of nitrogens with zero attached hydrogens (tertiary/aromatic N) is 3. The second-order valence-corrected chi connectivity index (χ2v) is 11.5. The first kappa shape index (κ1) is 24.8. The molecule has 1 amide bonds. The number of aryl methyl sites for hydroxylation is 2. The van der Waals surface area contributed by atoms with Gasteiger partial charge in [0.05, 0.1) is 59.8 Å². The number of carbonyl (C=O) groups is 1. The van der Waals surface area contributed by atoms with Gasteiger partial charge in [-0.25, -0.2) is 18.1 Å². The Labute approximate surface area is 215 Å². The first-order chi connectivity index (χ1) is 17.7. The largest absolute Gasteiger partial charge is 0.497 e. The highest BCUT2D eigenvalue weighted by molar-refractivity contribution is 7.91. The van der Waals surface area contributed by atoms with Crippen molar-refractivity contribution in [2.75, 3.05) is 31.0 Å². The average Bonchev–Trinajstić information content (AvgIpc) is 3.42. The van der Waals surface area contributed by atoms with Crippen LogP contribution in [0.2, 0.25) is 0 Å². The Kier molecular flexibility index (Phi) is 6.36. The van der Waals surface area contributed by atoms with Crippen LogP contribution in [0.25, 0.3) is 22.3 Å². The Bertz CT molecular complexity index is 1610. The lowest BCUT2D eigenvalue weighted by atomic mass is 10.0. The SMILES string of the molecule is COc1ccc(NC(=O)c2cc(-c3ccc(C)cc3)nc3c2c(C)nn3C2CCS(=O)(=O)C2)c(OC)c1. The number of sulfone groups is 1. The van der Waals surface area contributed by atoms with Gasteiger partial charge in [0.25, 0.3) is 5.91 Å². The second-order valence-electron chi connectivity index (χ2n) is 9.23. The van der Waals surface area contributed by atoms with E-state index in [2.05, 4.69) is 10.4 Å². The topological polar surface area (TPSA) is 112 Å². The van der Waals surface area contributed by atoms with Gasteiger partial charge >= 0.3 is 0 Å². The van der Waals surface area contributed by atoms with E-state index in [9.17, 15) is 13.2 Å². The number of benzene rings is 2. The molecule has 5 rings (SSSR count). The van der Waals surface area contributed by atoms with Crippen molar-refractivity contribution in [2.24, 2.45) is 0 Å². The fourth-order valence-electron chi connectivity index (χ4n) is 4.68. The summed E-state index contributed by atoms with van der Waals surface area (Å²) >= 11 is 0. The fourth-order valence-corrected chi connectivity index (χ4v) is 6.37. The van der Waals surface area contributed by atoms with Gasteiger partial charge < -0.3 is 14.8 Å². The molecule has 1 unspecified atom stereocenters. The quantitative estimate of drug-likeness (QED) is 0.402. The maximum atomic E-state index is 13.7. The number of hydrogen-bond donors (Lipinski definition) is 1. The first-order valence-corrected chi connectivity index (χ1v) is 13.7. The van der Waals surface area contributed by atoms with E-state index >= 15 is 0 Å². The third-order valence-electron chi connectivity index (χ3n) is 6.64. The summed E-state index contributed by atoms with van der Waals surface area (Å²) in [6, 6.07) is 14.4. The minimum atomic E-state index is -3.14. The number of amides is 1. The Morgan fingerprint density at radius 3 is 2.46 bits per heavy atom. The summed E-state index contributed by atoms with van der Waals surface area (Å²) in [6.07, 6.45) is 0.458. The lowest BCUT2D eigenvalue weighted by Gasteiger charge is -2.14. The Morgan fingerprint density at radius 1 is 1.05 bits per heavy atom. The van der Waals surface area contributed by atoms with Gasteiger partial charge in [-0.3, -0.25) is 4.79 Å². The summed E-state index contributed by atoms with van der Waals surface area (Å²) in [6.45, 7) is 3.81. The first-order valence-electron chi connectivity index (χ1n) is 11.9. The van der Waals surface area contributed by atoms with Gasteiger partial charge in [-0.1, -0.05) is 29.8 Å². The predicted molar refractivity (Wildman–Crippen MR) is 142 cm³/mol. The molecule has 1 N–H and O–H groups in total. The lowest BCUT2D eigenvalue weighted by Crippen LogP contribution is -2.15. The summed E-state index contributed by atoms with van der Waals surface area (Å²) in [7, 11) is -0.0616. The van der Waals surface area contributed by atoms with Gasteiger partial charge in [0.15, 0.2) is 15.5 Å². The van der Waals surface area contributed by atoms with Crippen molar-refractivity contribution < 1.29 is 22.7 Å². The summed E-state index contributed by atoms with van der Waals surface area (Å²) in [5, 5.41) is 8.20. The molecule has 0 spiro atoms. The zero-order valence-corrected chi connectivity index (χ0v) is 21.9. The van der Waals surface area contributed by atoms with Crippen LogP contribution in [0.15, 0.2) is 48.5 Å². The van der Waals surface area contributed by atoms with Gasteiger partial charge in [-0.05, 0) is 38.5 Å². The van der Waals surface area contributed by atoms with Crippen molar-refractivity contribution in [3.63, 3.8) is 0 Å². The van der Waals surface area contributed by atoms with Crippen molar-refractivity contribution in [1.82, 2.24) is 14.8 Å². The third kappa shape index (κ3) is 4.76. The standard InChI is InChI=1S/C27H28N4O5S/c1-16-5-7-18(8-6-16)23-14-21(27(32)29-22-10-9-20(35-3)13-24(22)36-4)25-17(2)30-31(26(25)28-23)19-11-12-37(33,34)15-19/h5-10,13-14,19H,11-12,15H2,1-4H3,(H,29,32). The zero-order valence-electron chi connectivity index (χ0n) is 21.1. The van der Waals surface area contributed by atoms with Crippen LogP contribution in [-0.2, 0) is 9.84 Å². The minimum absolute atomic E-state index is 0.00420. The molecular formula is C27H28N4O5S. The van der Waals surface area contributed by atoms with Crippen LogP contribution in [0, 0.1) is 13.8 Å². The molecule has 2 aromatic carbocycles. The number of rotatable bonds is 6. The smallest absolute Gasteiger partial charge is 0.256 e. The Hall–Kier alpha value is -3.92. The van der Waals surface area contributed by atoms with Gasteiger partial charge in [0, 0.05) is 11.6 Å². The molecule has 9 nitrogen and oxygen atoms in total. The van der Waals surface area contributed by atoms with Crippen LogP contribution < -0.4 is 14.8 Å². The number of hydrogen-bond acceptors (Lipinski definition) is 7. The maximum Gasteiger partial charge on any atom is 0.256 e. The molecule has 10 heteroatoms. The van der Waals surface area contributed by atoms with Gasteiger partial charge in [-0.15, -0.1) is 0 Å². The Morgan fingerprint density at radius 2 is 1.81 bits per heavy atom. The Balaban J connectivity index is 1.66. The fraction of sp³-hybridized carbons (Fsp3) is 0.296. The number of methoxy groups -OCH3 is 2. The van der Waals surface area contributed by atoms with Gasteiger partial charge in [0.1, 0.15) is 11.5 Å². The molecule has 0 bridgehead atoms. The predicted octanol–water partition coefficient (Wildman–Crippen LogP) is 4.34. The van der Waals surface area contributed by atoms with Gasteiger partial charge in [0.2, 0.25) is 0 Å². The van der Waals surface area contributed by atoms with Crippen LogP contribution in [0.1, 0.15) is 34.1 Å². The summed E-state index contributed by atoms with van der Waals surface area (Å²) < 4.78 is 36.8. The van der Waals surface area contributed by atoms with E-state index < -0.39 is 9.84 Å².